The molecule has 168 valence electrons. The minimum atomic E-state index is 0.0893. The van der Waals surface area contributed by atoms with Crippen LogP contribution >= 0.6 is 22.6 Å². The summed E-state index contributed by atoms with van der Waals surface area (Å²) in [6.07, 6.45) is 12.1. The summed E-state index contributed by atoms with van der Waals surface area (Å²) < 4.78 is 7.13. The van der Waals surface area contributed by atoms with E-state index in [0.29, 0.717) is 17.1 Å². The molecule has 2 aromatic rings. The molecule has 0 aromatic heterocycles. The van der Waals surface area contributed by atoms with Gasteiger partial charge in [0.05, 0.1) is 0 Å². The van der Waals surface area contributed by atoms with Crippen LogP contribution in [0.5, 0.6) is 0 Å². The molecule has 3 aliphatic rings. The van der Waals surface area contributed by atoms with Crippen LogP contribution in [0, 0.1) is 26.2 Å². The van der Waals surface area contributed by atoms with E-state index in [4.69, 9.17) is 4.74 Å². The molecule has 34 heavy (non-hydrogen) atoms. The normalized spacial score (nSPS) is 16.7. The summed E-state index contributed by atoms with van der Waals surface area (Å²) in [5.41, 5.74) is 8.73. The number of nitriles is 2. The monoisotopic (exact) mass is 557 g/mol. The number of ether oxygens (including phenoxy) is 1. The molecule has 0 spiro atoms. The van der Waals surface area contributed by atoms with Gasteiger partial charge in [0.2, 0.25) is 0 Å². The Kier molecular flexibility index (Phi) is 6.30. The van der Waals surface area contributed by atoms with Crippen molar-refractivity contribution in [3.63, 3.8) is 0 Å². The zero-order chi connectivity index (χ0) is 23.7. The Hall–Kier alpha value is -3.29. The summed E-state index contributed by atoms with van der Waals surface area (Å²) in [6, 6.07) is 15.1. The van der Waals surface area contributed by atoms with Crippen molar-refractivity contribution in [3.8, 4) is 23.3 Å². The molecule has 0 N–H and O–H groups in total. The Balaban J connectivity index is 1.64. The second-order valence-corrected chi connectivity index (χ2v) is 10.1. The highest BCUT2D eigenvalue weighted by atomic mass is 127. The van der Waals surface area contributed by atoms with Crippen LogP contribution in [0.2, 0.25) is 0 Å². The van der Waals surface area contributed by atoms with Crippen molar-refractivity contribution in [2.24, 2.45) is 0 Å². The molecule has 0 saturated carbocycles. The first-order valence-electron chi connectivity index (χ1n) is 11.6. The average molecular weight is 557 g/mol. The summed E-state index contributed by atoms with van der Waals surface area (Å²) in [4.78, 5) is 2.57. The molecule has 3 heterocycles. The fourth-order valence-corrected chi connectivity index (χ4v) is 5.54. The summed E-state index contributed by atoms with van der Waals surface area (Å²) in [7, 11) is 0. The van der Waals surface area contributed by atoms with E-state index in [1.54, 1.807) is 12.2 Å². The van der Waals surface area contributed by atoms with Crippen molar-refractivity contribution in [2.45, 2.75) is 32.6 Å². The molecule has 2 aromatic carbocycles. The fourth-order valence-electron chi connectivity index (χ4n) is 5.19. The van der Waals surface area contributed by atoms with Gasteiger partial charge in [0.15, 0.2) is 0 Å². The Morgan fingerprint density at radius 2 is 1.76 bits per heavy atom. The van der Waals surface area contributed by atoms with Crippen molar-refractivity contribution >= 4 is 34.4 Å². The van der Waals surface area contributed by atoms with Crippen molar-refractivity contribution in [2.75, 3.05) is 18.0 Å². The van der Waals surface area contributed by atoms with E-state index in [9.17, 15) is 10.5 Å². The van der Waals surface area contributed by atoms with Gasteiger partial charge < -0.3 is 9.64 Å². The second-order valence-electron chi connectivity index (χ2n) is 8.82. The minimum absolute atomic E-state index is 0.0893. The molecule has 5 heteroatoms. The smallest absolute Gasteiger partial charge is 0.137 e. The fraction of sp³-hybridized carbons (Fsp3) is 0.241. The third kappa shape index (κ3) is 4.29. The zero-order valence-corrected chi connectivity index (χ0v) is 21.2. The molecule has 0 aliphatic carbocycles. The van der Waals surface area contributed by atoms with Gasteiger partial charge in [0.25, 0.3) is 0 Å². The second kappa shape index (κ2) is 9.52. The van der Waals surface area contributed by atoms with E-state index in [1.165, 1.54) is 49.9 Å². The van der Waals surface area contributed by atoms with Crippen molar-refractivity contribution in [1.82, 2.24) is 0 Å². The van der Waals surface area contributed by atoms with Gasteiger partial charge in [-0.15, -0.1) is 0 Å². The van der Waals surface area contributed by atoms with E-state index < -0.39 is 0 Å². The molecular formula is C29H24IN3O. The Morgan fingerprint density at radius 1 is 1.03 bits per heavy atom. The molecule has 0 fully saturated rings. The third-order valence-electron chi connectivity index (χ3n) is 6.56. The highest BCUT2D eigenvalue weighted by Crippen LogP contribution is 2.43. The number of hydrogen-bond acceptors (Lipinski definition) is 4. The van der Waals surface area contributed by atoms with Gasteiger partial charge in [-0.05, 0) is 119 Å². The number of nitrogens with zero attached hydrogens (tertiary/aromatic N) is 3. The van der Waals surface area contributed by atoms with Crippen LogP contribution in [-0.4, -0.2) is 13.1 Å². The summed E-state index contributed by atoms with van der Waals surface area (Å²) >= 11 is 2.35. The van der Waals surface area contributed by atoms with Crippen molar-refractivity contribution < 1.29 is 4.74 Å². The first kappa shape index (κ1) is 22.5. The van der Waals surface area contributed by atoms with Gasteiger partial charge in [-0.2, -0.15) is 10.5 Å². The van der Waals surface area contributed by atoms with Crippen LogP contribution in [0.25, 0.3) is 17.2 Å². The number of halogens is 1. The van der Waals surface area contributed by atoms with Crippen molar-refractivity contribution in [3.05, 3.63) is 91.5 Å². The molecule has 0 atom stereocenters. The molecule has 5 rings (SSSR count). The first-order valence-corrected chi connectivity index (χ1v) is 12.7. The van der Waals surface area contributed by atoms with Gasteiger partial charge in [0, 0.05) is 27.9 Å². The number of allylic oxidation sites excluding steroid dienone is 6. The number of aryl methyl sites for hydroxylation is 1. The predicted molar refractivity (Wildman–Crippen MR) is 144 cm³/mol. The Labute approximate surface area is 214 Å². The highest BCUT2D eigenvalue weighted by Gasteiger charge is 2.27. The Bertz CT molecular complexity index is 1350. The first-order chi connectivity index (χ1) is 16.6. The standard InChI is InChI=1S/C29H24IN3O/c1-19-14-23(24(17-31)18-32)16-26(34-19)11-8-21-15-22-4-2-12-33-13-3-5-27(29(22)33)28(21)20-6-9-25(30)10-7-20/h6-11,14-16H,2-5,12-13H2,1H3. The zero-order valence-electron chi connectivity index (χ0n) is 19.1. The lowest BCUT2D eigenvalue weighted by Gasteiger charge is -2.38. The summed E-state index contributed by atoms with van der Waals surface area (Å²) in [5.74, 6) is 1.29. The number of benzene rings is 2. The number of anilines is 1. The van der Waals surface area contributed by atoms with Gasteiger partial charge in [-0.3, -0.25) is 0 Å². The molecule has 3 aliphatic heterocycles. The van der Waals surface area contributed by atoms with E-state index >= 15 is 0 Å². The maximum atomic E-state index is 9.29. The molecule has 0 bridgehead atoms. The van der Waals surface area contributed by atoms with E-state index in [1.807, 2.05) is 25.1 Å². The summed E-state index contributed by atoms with van der Waals surface area (Å²) in [5, 5.41) is 18.6. The van der Waals surface area contributed by atoms with Gasteiger partial charge >= 0.3 is 0 Å². The van der Waals surface area contributed by atoms with E-state index in [-0.39, 0.29) is 5.57 Å². The number of rotatable bonds is 3. The van der Waals surface area contributed by atoms with E-state index in [0.717, 1.165) is 25.9 Å². The maximum absolute atomic E-state index is 9.29. The lowest BCUT2D eigenvalue weighted by molar-refractivity contribution is 0.318. The highest BCUT2D eigenvalue weighted by molar-refractivity contribution is 14.1. The molecule has 0 amide bonds. The molecule has 0 saturated heterocycles. The quantitative estimate of drug-likeness (QED) is 0.307. The van der Waals surface area contributed by atoms with Gasteiger partial charge in [0.1, 0.15) is 29.2 Å². The maximum Gasteiger partial charge on any atom is 0.137 e. The van der Waals surface area contributed by atoms with Gasteiger partial charge in [-0.1, -0.05) is 18.2 Å². The molecular weight excluding hydrogens is 533 g/mol. The van der Waals surface area contributed by atoms with Crippen LogP contribution < -0.4 is 4.90 Å². The van der Waals surface area contributed by atoms with Crippen LogP contribution in [0.1, 0.15) is 36.5 Å². The van der Waals surface area contributed by atoms with Crippen LogP contribution in [0.3, 0.4) is 0 Å². The van der Waals surface area contributed by atoms with Crippen LogP contribution in [0.15, 0.2) is 71.2 Å². The molecule has 0 unspecified atom stereocenters. The van der Waals surface area contributed by atoms with Crippen LogP contribution in [-0.2, 0) is 17.6 Å². The summed E-state index contributed by atoms with van der Waals surface area (Å²) in [6.45, 7) is 4.12. The van der Waals surface area contributed by atoms with E-state index in [2.05, 4.69) is 63.9 Å². The van der Waals surface area contributed by atoms with Crippen molar-refractivity contribution in [1.29, 1.82) is 10.5 Å². The van der Waals surface area contributed by atoms with Crippen LogP contribution in [0.4, 0.5) is 5.69 Å². The number of hydrogen-bond donors (Lipinski definition) is 0. The Morgan fingerprint density at radius 3 is 2.50 bits per heavy atom. The molecule has 0 radical (unpaired) electrons. The van der Waals surface area contributed by atoms with Gasteiger partial charge in [-0.25, -0.2) is 0 Å². The topological polar surface area (TPSA) is 60.0 Å². The minimum Gasteiger partial charge on any atom is -0.462 e. The predicted octanol–water partition coefficient (Wildman–Crippen LogP) is 6.83. The SMILES string of the molecule is CC1=CC(=C(C#N)C#N)C=C(C=Cc2cc3c4c(c2-c2ccc(I)cc2)CCCN4CCC3)O1. The largest absolute Gasteiger partial charge is 0.462 e. The lowest BCUT2D eigenvalue weighted by Crippen LogP contribution is -2.34. The third-order valence-corrected chi connectivity index (χ3v) is 7.28. The average Bonchev–Trinajstić information content (AvgIpc) is 2.84. The molecule has 4 nitrogen and oxygen atoms in total. The lowest BCUT2D eigenvalue weighted by atomic mass is 9.83.